The molecule has 0 saturated heterocycles. The zero-order chi connectivity index (χ0) is 20.3. The molecule has 1 atom stereocenters. The fourth-order valence-electron chi connectivity index (χ4n) is 3.43. The minimum Gasteiger partial charge on any atom is -0.330 e. The molecule has 0 saturated carbocycles. The van der Waals surface area contributed by atoms with Gasteiger partial charge in [0.05, 0.1) is 11.9 Å². The van der Waals surface area contributed by atoms with Crippen molar-refractivity contribution >= 4 is 22.5 Å². The van der Waals surface area contributed by atoms with Crippen LogP contribution in [0.4, 0.5) is 14.5 Å². The molecule has 0 radical (unpaired) electrons. The van der Waals surface area contributed by atoms with Crippen molar-refractivity contribution in [1.29, 1.82) is 0 Å². The number of hydrogen-bond donors (Lipinski definition) is 1. The second-order valence-electron chi connectivity index (χ2n) is 6.70. The topological polar surface area (TPSA) is 54.5 Å². The predicted octanol–water partition coefficient (Wildman–Crippen LogP) is 4.87. The number of nitrogens with zero attached hydrogens (tertiary/aromatic N) is 3. The van der Waals surface area contributed by atoms with Gasteiger partial charge in [-0.3, -0.25) is 4.98 Å². The minimum absolute atomic E-state index is 0.148. The highest BCUT2D eigenvalue weighted by Crippen LogP contribution is 2.52. The van der Waals surface area contributed by atoms with E-state index in [-0.39, 0.29) is 5.56 Å². The number of anilines is 1. The smallest absolute Gasteiger partial charge is 0.139 e. The largest absolute Gasteiger partial charge is 0.330 e. The van der Waals surface area contributed by atoms with Crippen LogP contribution in [0.3, 0.4) is 0 Å². The van der Waals surface area contributed by atoms with E-state index in [1.165, 1.54) is 17.8 Å². The molecule has 0 amide bonds. The molecule has 29 heavy (non-hydrogen) atoms. The standard InChI is InChI=1S/C22H20F2N4S/c23-17-9-10-20(24)19(14-17)21-27-28(18-8-4-13-26-15-18)22(29-21,11-5-12-25)16-6-2-1-3-7-16/h1-4,6-10,13-15H,5,11-12,25H2. The van der Waals surface area contributed by atoms with E-state index in [9.17, 15) is 8.78 Å². The number of halogens is 2. The summed E-state index contributed by atoms with van der Waals surface area (Å²) in [4.78, 5) is 3.58. The summed E-state index contributed by atoms with van der Waals surface area (Å²) in [5.74, 6) is -1.01. The van der Waals surface area contributed by atoms with E-state index in [0.717, 1.165) is 29.8 Å². The van der Waals surface area contributed by atoms with E-state index in [1.54, 1.807) is 12.4 Å². The zero-order valence-corrected chi connectivity index (χ0v) is 16.4. The average Bonchev–Trinajstić information content (AvgIpc) is 3.16. The molecule has 1 aliphatic rings. The van der Waals surface area contributed by atoms with E-state index in [1.807, 2.05) is 47.5 Å². The van der Waals surface area contributed by atoms with Crippen molar-refractivity contribution in [3.05, 3.63) is 95.8 Å². The van der Waals surface area contributed by atoms with Crippen LogP contribution in [-0.4, -0.2) is 16.6 Å². The van der Waals surface area contributed by atoms with Gasteiger partial charge >= 0.3 is 0 Å². The number of hydrazone groups is 1. The number of rotatable bonds is 6. The molecule has 1 aromatic heterocycles. The van der Waals surface area contributed by atoms with Gasteiger partial charge in [-0.05, 0) is 55.3 Å². The van der Waals surface area contributed by atoms with Crippen LogP contribution in [0.2, 0.25) is 0 Å². The highest BCUT2D eigenvalue weighted by atomic mass is 32.2. The van der Waals surface area contributed by atoms with E-state index >= 15 is 0 Å². The van der Waals surface area contributed by atoms with E-state index in [0.29, 0.717) is 18.0 Å². The van der Waals surface area contributed by atoms with Gasteiger partial charge in [-0.15, -0.1) is 0 Å². The van der Waals surface area contributed by atoms with Crippen molar-refractivity contribution in [1.82, 2.24) is 4.98 Å². The van der Waals surface area contributed by atoms with Gasteiger partial charge in [0.15, 0.2) is 0 Å². The molecule has 7 heteroatoms. The summed E-state index contributed by atoms with van der Waals surface area (Å²) in [6.45, 7) is 0.514. The van der Waals surface area contributed by atoms with Crippen molar-refractivity contribution < 1.29 is 8.78 Å². The first-order valence-electron chi connectivity index (χ1n) is 9.33. The Morgan fingerprint density at radius 2 is 1.86 bits per heavy atom. The molecule has 1 unspecified atom stereocenters. The van der Waals surface area contributed by atoms with E-state index in [4.69, 9.17) is 10.8 Å². The minimum atomic E-state index is -0.641. The second kappa shape index (κ2) is 8.31. The highest BCUT2D eigenvalue weighted by Gasteiger charge is 2.46. The predicted molar refractivity (Wildman–Crippen MR) is 114 cm³/mol. The lowest BCUT2D eigenvalue weighted by molar-refractivity contribution is 0.527. The maximum Gasteiger partial charge on any atom is 0.139 e. The highest BCUT2D eigenvalue weighted by molar-refractivity contribution is 8.15. The monoisotopic (exact) mass is 410 g/mol. The third kappa shape index (κ3) is 3.75. The summed E-state index contributed by atoms with van der Waals surface area (Å²) >= 11 is 1.42. The Kier molecular flexibility index (Phi) is 5.60. The number of nitrogens with two attached hydrogens (primary N) is 1. The molecule has 0 fully saturated rings. The number of hydrogen-bond acceptors (Lipinski definition) is 5. The van der Waals surface area contributed by atoms with Crippen molar-refractivity contribution in [3.8, 4) is 0 Å². The van der Waals surface area contributed by atoms with Gasteiger partial charge in [-0.2, -0.15) is 5.10 Å². The summed E-state index contributed by atoms with van der Waals surface area (Å²) in [6.07, 6.45) is 4.83. The third-order valence-corrected chi connectivity index (χ3v) is 6.24. The molecule has 4 rings (SSSR count). The molecule has 2 aromatic carbocycles. The Bertz CT molecular complexity index is 1010. The van der Waals surface area contributed by atoms with Crippen LogP contribution in [0.15, 0.2) is 78.2 Å². The lowest BCUT2D eigenvalue weighted by Crippen LogP contribution is -2.38. The molecule has 2 N–H and O–H groups in total. The quantitative estimate of drug-likeness (QED) is 0.630. The zero-order valence-electron chi connectivity index (χ0n) is 15.6. The van der Waals surface area contributed by atoms with Gasteiger partial charge in [-0.25, -0.2) is 13.8 Å². The van der Waals surface area contributed by atoms with Crippen LogP contribution in [0, 0.1) is 11.6 Å². The summed E-state index contributed by atoms with van der Waals surface area (Å²) in [6, 6.07) is 17.1. The van der Waals surface area contributed by atoms with Crippen LogP contribution < -0.4 is 10.7 Å². The Hall–Kier alpha value is -2.77. The van der Waals surface area contributed by atoms with Gasteiger partial charge in [0.25, 0.3) is 0 Å². The van der Waals surface area contributed by atoms with Gasteiger partial charge in [-0.1, -0.05) is 42.1 Å². The Morgan fingerprint density at radius 1 is 1.03 bits per heavy atom. The molecular formula is C22H20F2N4S. The van der Waals surface area contributed by atoms with Gasteiger partial charge < -0.3 is 5.73 Å². The fraction of sp³-hybridized carbons (Fsp3) is 0.182. The average molecular weight is 410 g/mol. The van der Waals surface area contributed by atoms with Crippen LogP contribution >= 0.6 is 11.8 Å². The lowest BCUT2D eigenvalue weighted by Gasteiger charge is -2.37. The first-order valence-corrected chi connectivity index (χ1v) is 10.1. The Labute approximate surface area is 172 Å². The lowest BCUT2D eigenvalue weighted by atomic mass is 10.00. The Morgan fingerprint density at radius 3 is 2.59 bits per heavy atom. The number of benzene rings is 2. The summed E-state index contributed by atoms with van der Waals surface area (Å²) in [5.41, 5.74) is 7.76. The molecule has 4 nitrogen and oxygen atoms in total. The number of aromatic nitrogens is 1. The molecule has 2 heterocycles. The molecule has 1 aliphatic heterocycles. The van der Waals surface area contributed by atoms with Crippen LogP contribution in [0.5, 0.6) is 0 Å². The maximum absolute atomic E-state index is 14.5. The van der Waals surface area contributed by atoms with Gasteiger partial charge in [0.2, 0.25) is 0 Å². The normalized spacial score (nSPS) is 18.7. The molecule has 0 aliphatic carbocycles. The second-order valence-corrected chi connectivity index (χ2v) is 7.96. The maximum atomic E-state index is 14.5. The van der Waals surface area contributed by atoms with E-state index < -0.39 is 16.5 Å². The van der Waals surface area contributed by atoms with Crippen molar-refractivity contribution in [2.45, 2.75) is 17.7 Å². The van der Waals surface area contributed by atoms with Crippen LogP contribution in [-0.2, 0) is 4.87 Å². The van der Waals surface area contributed by atoms with Crippen molar-refractivity contribution in [2.24, 2.45) is 10.8 Å². The van der Waals surface area contributed by atoms with Gasteiger partial charge in [0, 0.05) is 11.8 Å². The summed E-state index contributed by atoms with van der Waals surface area (Å²) < 4.78 is 28.4. The summed E-state index contributed by atoms with van der Waals surface area (Å²) in [5, 5.41) is 7.02. The van der Waals surface area contributed by atoms with Crippen LogP contribution in [0.25, 0.3) is 0 Å². The van der Waals surface area contributed by atoms with Crippen molar-refractivity contribution in [3.63, 3.8) is 0 Å². The fourth-order valence-corrected chi connectivity index (χ4v) is 4.88. The molecule has 148 valence electrons. The first-order chi connectivity index (χ1) is 14.1. The number of pyridine rings is 1. The van der Waals surface area contributed by atoms with E-state index in [2.05, 4.69) is 4.98 Å². The molecule has 0 bridgehead atoms. The Balaban J connectivity index is 1.88. The molecule has 0 spiro atoms. The molecule has 3 aromatic rings. The first kappa shape index (κ1) is 19.5. The third-order valence-electron chi connectivity index (χ3n) is 4.79. The van der Waals surface area contributed by atoms with Crippen molar-refractivity contribution in [2.75, 3.05) is 11.6 Å². The molecular weight excluding hydrogens is 390 g/mol. The summed E-state index contributed by atoms with van der Waals surface area (Å²) in [7, 11) is 0. The SMILES string of the molecule is NCCCC1(c2ccccc2)SC(c2cc(F)ccc2F)=NN1c1cccnc1. The number of thioether (sulfide) groups is 1. The van der Waals surface area contributed by atoms with Gasteiger partial charge in [0.1, 0.15) is 21.5 Å². The van der Waals surface area contributed by atoms with Crippen LogP contribution in [0.1, 0.15) is 24.0 Å².